The summed E-state index contributed by atoms with van der Waals surface area (Å²) < 4.78 is 13.7. The van der Waals surface area contributed by atoms with Crippen molar-refractivity contribution >= 4 is 5.91 Å². The largest absolute Gasteiger partial charge is 0.350 e. The summed E-state index contributed by atoms with van der Waals surface area (Å²) in [6.07, 6.45) is 3.90. The van der Waals surface area contributed by atoms with E-state index in [-0.39, 0.29) is 17.8 Å². The number of amides is 1. The normalized spacial score (nSPS) is 11.9. The maximum Gasteiger partial charge on any atom is 0.253 e. The predicted octanol–water partition coefficient (Wildman–Crippen LogP) is 3.42. The number of halogens is 1. The molecular formula is C16H17FN2O. The third-order valence-electron chi connectivity index (χ3n) is 3.18. The van der Waals surface area contributed by atoms with Gasteiger partial charge in [0.15, 0.2) is 0 Å². The molecule has 0 fully saturated rings. The van der Waals surface area contributed by atoms with Gasteiger partial charge in [-0.15, -0.1) is 0 Å². The van der Waals surface area contributed by atoms with E-state index in [0.29, 0.717) is 16.7 Å². The SMILES string of the molecule is CC[C@H](C)NC(=O)c1cncc(-c2ccccc2F)c1. The van der Waals surface area contributed by atoms with E-state index < -0.39 is 0 Å². The van der Waals surface area contributed by atoms with Gasteiger partial charge < -0.3 is 5.32 Å². The molecule has 1 N–H and O–H groups in total. The van der Waals surface area contributed by atoms with Crippen LogP contribution in [0.4, 0.5) is 4.39 Å². The van der Waals surface area contributed by atoms with Gasteiger partial charge in [-0.2, -0.15) is 0 Å². The van der Waals surface area contributed by atoms with E-state index in [9.17, 15) is 9.18 Å². The molecular weight excluding hydrogens is 255 g/mol. The van der Waals surface area contributed by atoms with Gasteiger partial charge in [-0.05, 0) is 25.5 Å². The van der Waals surface area contributed by atoms with Crippen molar-refractivity contribution in [3.63, 3.8) is 0 Å². The standard InChI is InChI=1S/C16H17FN2O/c1-3-11(2)19-16(20)13-8-12(9-18-10-13)14-6-4-5-7-15(14)17/h4-11H,3H2,1-2H3,(H,19,20)/t11-/m0/s1. The van der Waals surface area contributed by atoms with Crippen LogP contribution in [-0.2, 0) is 0 Å². The van der Waals surface area contributed by atoms with Gasteiger partial charge in [0.05, 0.1) is 5.56 Å². The molecule has 1 atom stereocenters. The number of benzene rings is 1. The van der Waals surface area contributed by atoms with Gasteiger partial charge in [-0.25, -0.2) is 4.39 Å². The van der Waals surface area contributed by atoms with E-state index in [1.54, 1.807) is 30.5 Å². The fraction of sp³-hybridized carbons (Fsp3) is 0.250. The van der Waals surface area contributed by atoms with Crippen LogP contribution in [0.15, 0.2) is 42.7 Å². The summed E-state index contributed by atoms with van der Waals surface area (Å²) in [6.45, 7) is 3.94. The van der Waals surface area contributed by atoms with E-state index >= 15 is 0 Å². The Kier molecular flexibility index (Phi) is 4.45. The summed E-state index contributed by atoms with van der Waals surface area (Å²) in [5, 5.41) is 2.87. The maximum absolute atomic E-state index is 13.7. The topological polar surface area (TPSA) is 42.0 Å². The van der Waals surface area contributed by atoms with Crippen molar-refractivity contribution in [1.82, 2.24) is 10.3 Å². The van der Waals surface area contributed by atoms with E-state index in [4.69, 9.17) is 0 Å². The Morgan fingerprint density at radius 2 is 2.10 bits per heavy atom. The van der Waals surface area contributed by atoms with Crippen LogP contribution in [0.3, 0.4) is 0 Å². The second-order valence-corrected chi connectivity index (χ2v) is 4.72. The van der Waals surface area contributed by atoms with E-state index in [0.717, 1.165) is 6.42 Å². The second kappa shape index (κ2) is 6.28. The van der Waals surface area contributed by atoms with Crippen molar-refractivity contribution in [1.29, 1.82) is 0 Å². The summed E-state index contributed by atoms with van der Waals surface area (Å²) >= 11 is 0. The Morgan fingerprint density at radius 3 is 2.80 bits per heavy atom. The van der Waals surface area contributed by atoms with Crippen LogP contribution in [0.2, 0.25) is 0 Å². The highest BCUT2D eigenvalue weighted by Gasteiger charge is 2.11. The van der Waals surface area contributed by atoms with Gasteiger partial charge >= 0.3 is 0 Å². The van der Waals surface area contributed by atoms with Crippen LogP contribution in [0.5, 0.6) is 0 Å². The van der Waals surface area contributed by atoms with E-state index in [2.05, 4.69) is 10.3 Å². The van der Waals surface area contributed by atoms with Crippen molar-refractivity contribution in [2.45, 2.75) is 26.3 Å². The molecule has 2 rings (SSSR count). The lowest BCUT2D eigenvalue weighted by atomic mass is 10.1. The van der Waals surface area contributed by atoms with Gasteiger partial charge in [0, 0.05) is 29.6 Å². The molecule has 1 aromatic heterocycles. The lowest BCUT2D eigenvalue weighted by molar-refractivity contribution is 0.0939. The minimum Gasteiger partial charge on any atom is -0.350 e. The van der Waals surface area contributed by atoms with Crippen LogP contribution in [0, 0.1) is 5.82 Å². The van der Waals surface area contributed by atoms with E-state index in [1.807, 2.05) is 13.8 Å². The fourth-order valence-electron chi connectivity index (χ4n) is 1.82. The number of nitrogens with one attached hydrogen (secondary N) is 1. The number of hydrogen-bond acceptors (Lipinski definition) is 2. The molecule has 1 aromatic carbocycles. The summed E-state index contributed by atoms with van der Waals surface area (Å²) in [7, 11) is 0. The second-order valence-electron chi connectivity index (χ2n) is 4.72. The number of aromatic nitrogens is 1. The molecule has 2 aromatic rings. The Balaban J connectivity index is 2.29. The van der Waals surface area contributed by atoms with E-state index in [1.165, 1.54) is 12.3 Å². The van der Waals surface area contributed by atoms with Crippen molar-refractivity contribution < 1.29 is 9.18 Å². The quantitative estimate of drug-likeness (QED) is 0.926. The third-order valence-corrected chi connectivity index (χ3v) is 3.18. The number of rotatable bonds is 4. The van der Waals surface area contributed by atoms with Crippen molar-refractivity contribution in [2.75, 3.05) is 0 Å². The molecule has 104 valence electrons. The minimum atomic E-state index is -0.325. The molecule has 0 aliphatic rings. The van der Waals surface area contributed by atoms with Crippen molar-refractivity contribution in [2.24, 2.45) is 0 Å². The molecule has 1 amide bonds. The predicted molar refractivity (Wildman–Crippen MR) is 76.9 cm³/mol. The summed E-state index contributed by atoms with van der Waals surface area (Å²) in [5.41, 5.74) is 1.48. The zero-order chi connectivity index (χ0) is 14.5. The number of carbonyl (C=O) groups is 1. The van der Waals surface area contributed by atoms with Gasteiger partial charge in [0.1, 0.15) is 5.82 Å². The molecule has 1 heterocycles. The molecule has 0 bridgehead atoms. The third kappa shape index (κ3) is 3.20. The molecule has 0 spiro atoms. The average Bonchev–Trinajstić information content (AvgIpc) is 2.47. The first kappa shape index (κ1) is 14.2. The molecule has 0 unspecified atom stereocenters. The number of carbonyl (C=O) groups excluding carboxylic acids is 1. The molecule has 4 heteroatoms. The highest BCUT2D eigenvalue weighted by molar-refractivity contribution is 5.95. The highest BCUT2D eigenvalue weighted by Crippen LogP contribution is 2.22. The lowest BCUT2D eigenvalue weighted by Gasteiger charge is -2.11. The average molecular weight is 272 g/mol. The van der Waals surface area contributed by atoms with Gasteiger partial charge in [0.25, 0.3) is 5.91 Å². The van der Waals surface area contributed by atoms with Crippen LogP contribution < -0.4 is 5.32 Å². The lowest BCUT2D eigenvalue weighted by Crippen LogP contribution is -2.31. The van der Waals surface area contributed by atoms with Crippen LogP contribution in [0.25, 0.3) is 11.1 Å². The minimum absolute atomic E-state index is 0.0969. The van der Waals surface area contributed by atoms with Gasteiger partial charge in [-0.3, -0.25) is 9.78 Å². The molecule has 0 saturated heterocycles. The smallest absolute Gasteiger partial charge is 0.253 e. The van der Waals surface area contributed by atoms with Crippen LogP contribution in [0.1, 0.15) is 30.6 Å². The first-order valence-electron chi connectivity index (χ1n) is 6.62. The maximum atomic E-state index is 13.7. The van der Waals surface area contributed by atoms with Gasteiger partial charge in [0.2, 0.25) is 0 Å². The van der Waals surface area contributed by atoms with Crippen LogP contribution in [-0.4, -0.2) is 16.9 Å². The zero-order valence-corrected chi connectivity index (χ0v) is 11.6. The first-order valence-corrected chi connectivity index (χ1v) is 6.62. The molecule has 0 aliphatic carbocycles. The molecule has 0 saturated carbocycles. The summed E-state index contributed by atoms with van der Waals surface area (Å²) in [6, 6.07) is 8.20. The Labute approximate surface area is 117 Å². The zero-order valence-electron chi connectivity index (χ0n) is 11.6. The van der Waals surface area contributed by atoms with Crippen LogP contribution >= 0.6 is 0 Å². The summed E-state index contributed by atoms with van der Waals surface area (Å²) in [5.74, 6) is -0.515. The number of pyridine rings is 1. The Morgan fingerprint density at radius 1 is 1.35 bits per heavy atom. The number of nitrogens with zero attached hydrogens (tertiary/aromatic N) is 1. The Hall–Kier alpha value is -2.23. The van der Waals surface area contributed by atoms with Crippen molar-refractivity contribution in [3.05, 3.63) is 54.1 Å². The monoisotopic (exact) mass is 272 g/mol. The highest BCUT2D eigenvalue weighted by atomic mass is 19.1. The molecule has 3 nitrogen and oxygen atoms in total. The van der Waals surface area contributed by atoms with Crippen molar-refractivity contribution in [3.8, 4) is 11.1 Å². The first-order chi connectivity index (χ1) is 9.61. The summed E-state index contributed by atoms with van der Waals surface area (Å²) in [4.78, 5) is 16.1. The molecule has 20 heavy (non-hydrogen) atoms. The van der Waals surface area contributed by atoms with Gasteiger partial charge in [-0.1, -0.05) is 25.1 Å². The fourth-order valence-corrected chi connectivity index (χ4v) is 1.82. The molecule has 0 radical (unpaired) electrons. The Bertz CT molecular complexity index is 613. The number of hydrogen-bond donors (Lipinski definition) is 1. The molecule has 0 aliphatic heterocycles.